The van der Waals surface area contributed by atoms with Gasteiger partial charge in [0.25, 0.3) is 0 Å². The Morgan fingerprint density at radius 3 is 2.48 bits per heavy atom. The molecule has 1 atom stereocenters. The molecule has 1 aromatic heterocycles. The Morgan fingerprint density at radius 2 is 1.79 bits per heavy atom. The maximum absolute atomic E-state index is 14.1. The van der Waals surface area contributed by atoms with Gasteiger partial charge in [-0.3, -0.25) is 4.98 Å². The van der Waals surface area contributed by atoms with Crippen LogP contribution in [0, 0.1) is 5.82 Å². The van der Waals surface area contributed by atoms with Crippen molar-refractivity contribution in [3.05, 3.63) is 78.3 Å². The van der Waals surface area contributed by atoms with Crippen LogP contribution < -0.4 is 0 Å². The highest BCUT2D eigenvalue weighted by molar-refractivity contribution is 5.68. The van der Waals surface area contributed by atoms with E-state index >= 15 is 0 Å². The van der Waals surface area contributed by atoms with Crippen LogP contribution in [0.2, 0.25) is 0 Å². The molecule has 174 valence electrons. The third-order valence-corrected chi connectivity index (χ3v) is 5.68. The van der Waals surface area contributed by atoms with Crippen LogP contribution in [-0.4, -0.2) is 22.8 Å². The molecular formula is C29H34FNO2. The SMILES string of the molecule is CCCCCOC(C)CCCC=Cc1ccc(-c2ccc(-c3ccc(O)cc3F)nc2)cc1. The Kier molecular flexibility index (Phi) is 9.64. The van der Waals surface area contributed by atoms with Gasteiger partial charge in [-0.15, -0.1) is 0 Å². The van der Waals surface area contributed by atoms with E-state index in [4.69, 9.17) is 4.74 Å². The predicted octanol–water partition coefficient (Wildman–Crippen LogP) is 8.04. The van der Waals surface area contributed by atoms with Crippen LogP contribution in [0.3, 0.4) is 0 Å². The van der Waals surface area contributed by atoms with E-state index in [1.54, 1.807) is 12.3 Å². The normalized spacial score (nSPS) is 12.3. The molecule has 3 rings (SSSR count). The largest absolute Gasteiger partial charge is 0.508 e. The van der Waals surface area contributed by atoms with Crippen LogP contribution >= 0.6 is 0 Å². The maximum atomic E-state index is 14.1. The second kappa shape index (κ2) is 12.9. The van der Waals surface area contributed by atoms with Gasteiger partial charge in [0.1, 0.15) is 11.6 Å². The first-order valence-corrected chi connectivity index (χ1v) is 11.9. The molecule has 0 aliphatic rings. The van der Waals surface area contributed by atoms with Gasteiger partial charge < -0.3 is 9.84 Å². The lowest BCUT2D eigenvalue weighted by molar-refractivity contribution is 0.0566. The fourth-order valence-corrected chi connectivity index (χ4v) is 3.68. The third kappa shape index (κ3) is 7.83. The highest BCUT2D eigenvalue weighted by atomic mass is 19.1. The summed E-state index contributed by atoms with van der Waals surface area (Å²) in [5, 5.41) is 9.38. The van der Waals surface area contributed by atoms with Gasteiger partial charge in [0, 0.05) is 30.0 Å². The molecule has 2 aromatic carbocycles. The fourth-order valence-electron chi connectivity index (χ4n) is 3.68. The van der Waals surface area contributed by atoms with Gasteiger partial charge in [0.15, 0.2) is 0 Å². The second-order valence-electron chi connectivity index (χ2n) is 8.44. The molecule has 1 unspecified atom stereocenters. The van der Waals surface area contributed by atoms with Crippen molar-refractivity contribution in [1.29, 1.82) is 0 Å². The number of allylic oxidation sites excluding steroid dienone is 1. The number of phenolic OH excluding ortho intramolecular Hbond substituents is 1. The number of halogens is 1. The number of nitrogens with zero attached hydrogens (tertiary/aromatic N) is 1. The van der Waals surface area contributed by atoms with Crippen LogP contribution in [0.25, 0.3) is 28.5 Å². The van der Waals surface area contributed by atoms with Gasteiger partial charge in [-0.05, 0) is 61.9 Å². The quantitative estimate of drug-likeness (QED) is 0.286. The van der Waals surface area contributed by atoms with Gasteiger partial charge in [-0.25, -0.2) is 4.39 Å². The summed E-state index contributed by atoms with van der Waals surface area (Å²) in [6.07, 6.45) is 13.4. The molecule has 4 heteroatoms. The minimum absolute atomic E-state index is 0.0941. The molecule has 0 fully saturated rings. The van der Waals surface area contributed by atoms with E-state index in [0.717, 1.165) is 49.5 Å². The first-order chi connectivity index (χ1) is 16.1. The molecule has 0 aliphatic carbocycles. The molecule has 3 aromatic rings. The summed E-state index contributed by atoms with van der Waals surface area (Å²) in [5.74, 6) is -0.580. The van der Waals surface area contributed by atoms with Crippen molar-refractivity contribution in [2.24, 2.45) is 0 Å². The molecule has 0 saturated heterocycles. The Bertz CT molecular complexity index is 1010. The number of unbranched alkanes of at least 4 members (excludes halogenated alkanes) is 3. The number of phenols is 1. The van der Waals surface area contributed by atoms with E-state index in [2.05, 4.69) is 55.2 Å². The number of aromatic hydroxyl groups is 1. The zero-order chi connectivity index (χ0) is 23.5. The molecule has 0 radical (unpaired) electrons. The number of aromatic nitrogens is 1. The number of rotatable bonds is 12. The van der Waals surface area contributed by atoms with Crippen molar-refractivity contribution in [2.75, 3.05) is 6.61 Å². The van der Waals surface area contributed by atoms with Gasteiger partial charge in [0.2, 0.25) is 0 Å². The van der Waals surface area contributed by atoms with Crippen LogP contribution in [0.1, 0.15) is 57.9 Å². The number of pyridine rings is 1. The molecule has 0 saturated carbocycles. The highest BCUT2D eigenvalue weighted by Gasteiger charge is 2.08. The van der Waals surface area contributed by atoms with E-state index in [9.17, 15) is 9.50 Å². The number of benzene rings is 2. The predicted molar refractivity (Wildman–Crippen MR) is 135 cm³/mol. The highest BCUT2D eigenvalue weighted by Crippen LogP contribution is 2.26. The van der Waals surface area contributed by atoms with Gasteiger partial charge in [-0.2, -0.15) is 0 Å². The van der Waals surface area contributed by atoms with E-state index in [-0.39, 0.29) is 5.75 Å². The maximum Gasteiger partial charge on any atom is 0.136 e. The van der Waals surface area contributed by atoms with E-state index in [0.29, 0.717) is 17.4 Å². The Hall–Kier alpha value is -2.98. The Morgan fingerprint density at radius 1 is 1.00 bits per heavy atom. The molecule has 0 amide bonds. The summed E-state index contributed by atoms with van der Waals surface area (Å²) in [6, 6.07) is 16.2. The van der Waals surface area contributed by atoms with Crippen LogP contribution in [-0.2, 0) is 4.74 Å². The van der Waals surface area contributed by atoms with E-state index in [1.807, 2.05) is 6.07 Å². The number of hydrogen-bond acceptors (Lipinski definition) is 3. The molecule has 33 heavy (non-hydrogen) atoms. The first-order valence-electron chi connectivity index (χ1n) is 11.9. The number of hydrogen-bond donors (Lipinski definition) is 1. The number of ether oxygens (including phenoxy) is 1. The molecule has 3 nitrogen and oxygen atoms in total. The lowest BCUT2D eigenvalue weighted by Gasteiger charge is -2.12. The summed E-state index contributed by atoms with van der Waals surface area (Å²) in [4.78, 5) is 4.40. The minimum atomic E-state index is -0.486. The summed E-state index contributed by atoms with van der Waals surface area (Å²) >= 11 is 0. The molecule has 1 N–H and O–H groups in total. The smallest absolute Gasteiger partial charge is 0.136 e. The van der Waals surface area contributed by atoms with Gasteiger partial charge in [-0.1, -0.05) is 62.2 Å². The average molecular weight is 448 g/mol. The Labute approximate surface area is 197 Å². The summed E-state index contributed by atoms with van der Waals surface area (Å²) in [5.41, 5.74) is 4.11. The van der Waals surface area contributed by atoms with Crippen molar-refractivity contribution >= 4 is 6.08 Å². The molecule has 0 bridgehead atoms. The zero-order valence-corrected chi connectivity index (χ0v) is 19.6. The standard InChI is InChI=1S/C29H34FNO2/c1-3-4-8-19-33-22(2)9-6-5-7-10-23-11-13-24(14-12-23)25-15-18-29(31-21-25)27-17-16-26(32)20-28(27)30/h7,10-18,20-22,32H,3-6,8-9,19H2,1-2H3. The van der Waals surface area contributed by atoms with Gasteiger partial charge in [0.05, 0.1) is 11.8 Å². The van der Waals surface area contributed by atoms with Crippen LogP contribution in [0.4, 0.5) is 4.39 Å². The van der Waals surface area contributed by atoms with E-state index < -0.39 is 5.82 Å². The van der Waals surface area contributed by atoms with Crippen LogP contribution in [0.5, 0.6) is 5.75 Å². The fraction of sp³-hybridized carbons (Fsp3) is 0.345. The minimum Gasteiger partial charge on any atom is -0.508 e. The molecular weight excluding hydrogens is 413 g/mol. The van der Waals surface area contributed by atoms with Crippen molar-refractivity contribution in [3.8, 4) is 28.1 Å². The topological polar surface area (TPSA) is 42.4 Å². The van der Waals surface area contributed by atoms with Crippen molar-refractivity contribution in [3.63, 3.8) is 0 Å². The van der Waals surface area contributed by atoms with Gasteiger partial charge >= 0.3 is 0 Å². The second-order valence-corrected chi connectivity index (χ2v) is 8.44. The Balaban J connectivity index is 1.48. The van der Waals surface area contributed by atoms with Crippen molar-refractivity contribution in [1.82, 2.24) is 4.98 Å². The molecule has 0 aliphatic heterocycles. The third-order valence-electron chi connectivity index (χ3n) is 5.68. The van der Waals surface area contributed by atoms with Crippen molar-refractivity contribution < 1.29 is 14.2 Å². The zero-order valence-electron chi connectivity index (χ0n) is 19.6. The molecule has 1 heterocycles. The lowest BCUT2D eigenvalue weighted by Crippen LogP contribution is -2.08. The average Bonchev–Trinajstić information content (AvgIpc) is 2.82. The summed E-state index contributed by atoms with van der Waals surface area (Å²) in [7, 11) is 0. The monoisotopic (exact) mass is 447 g/mol. The summed E-state index contributed by atoms with van der Waals surface area (Å²) in [6.45, 7) is 5.25. The first kappa shape index (κ1) is 24.7. The molecule has 0 spiro atoms. The lowest BCUT2D eigenvalue weighted by atomic mass is 10.0. The summed E-state index contributed by atoms with van der Waals surface area (Å²) < 4.78 is 19.9. The van der Waals surface area contributed by atoms with Crippen molar-refractivity contribution in [2.45, 2.75) is 58.5 Å². The van der Waals surface area contributed by atoms with E-state index in [1.165, 1.54) is 30.5 Å². The van der Waals surface area contributed by atoms with Crippen LogP contribution in [0.15, 0.2) is 66.9 Å².